The van der Waals surface area contributed by atoms with Crippen LogP contribution < -0.4 is 0 Å². The van der Waals surface area contributed by atoms with Gasteiger partial charge in [-0.05, 0) is 44.2 Å². The second-order valence-corrected chi connectivity index (χ2v) is 6.76. The van der Waals surface area contributed by atoms with Crippen molar-refractivity contribution >= 4 is 23.2 Å². The highest BCUT2D eigenvalue weighted by molar-refractivity contribution is 7.14. The van der Waals surface area contributed by atoms with E-state index in [2.05, 4.69) is 6.92 Å². The van der Waals surface area contributed by atoms with Crippen LogP contribution in [0.3, 0.4) is 0 Å². The van der Waals surface area contributed by atoms with Gasteiger partial charge < -0.3 is 10.0 Å². The van der Waals surface area contributed by atoms with Crippen molar-refractivity contribution in [3.05, 3.63) is 21.4 Å². The van der Waals surface area contributed by atoms with Gasteiger partial charge in [0, 0.05) is 11.4 Å². The minimum Gasteiger partial charge on any atom is -0.480 e. The summed E-state index contributed by atoms with van der Waals surface area (Å²) >= 11 is 1.45. The largest absolute Gasteiger partial charge is 0.480 e. The summed E-state index contributed by atoms with van der Waals surface area (Å²) in [6, 6.07) is 1.19. The molecule has 4 nitrogen and oxygen atoms in total. The minimum absolute atomic E-state index is 0.131. The number of aliphatic carboxylic acids is 1. The third-order valence-electron chi connectivity index (χ3n) is 4.21. The zero-order chi connectivity index (χ0) is 14.9. The number of nitrogens with zero attached hydrogens (tertiary/aromatic N) is 1. The van der Waals surface area contributed by atoms with E-state index in [-0.39, 0.29) is 5.91 Å². The van der Waals surface area contributed by atoms with Crippen molar-refractivity contribution in [2.45, 2.75) is 46.1 Å². The van der Waals surface area contributed by atoms with Gasteiger partial charge in [-0.2, -0.15) is 0 Å². The van der Waals surface area contributed by atoms with E-state index in [9.17, 15) is 14.7 Å². The van der Waals surface area contributed by atoms with Crippen LogP contribution in [0.4, 0.5) is 0 Å². The first-order valence-corrected chi connectivity index (χ1v) is 7.86. The molecule has 0 aliphatic carbocycles. The van der Waals surface area contributed by atoms with Crippen LogP contribution in [0.5, 0.6) is 0 Å². The van der Waals surface area contributed by atoms with Gasteiger partial charge in [-0.25, -0.2) is 4.79 Å². The lowest BCUT2D eigenvalue weighted by Crippen LogP contribution is -2.49. The molecule has 1 fully saturated rings. The van der Waals surface area contributed by atoms with Crippen LogP contribution >= 0.6 is 11.3 Å². The highest BCUT2D eigenvalue weighted by Crippen LogP contribution is 2.29. The van der Waals surface area contributed by atoms with Gasteiger partial charge in [0.1, 0.15) is 6.04 Å². The number of carboxylic acid groups (broad SMARTS) is 1. The second-order valence-electron chi connectivity index (χ2n) is 5.50. The zero-order valence-corrected chi connectivity index (χ0v) is 13.0. The Hall–Kier alpha value is -1.36. The number of hydrogen-bond acceptors (Lipinski definition) is 3. The summed E-state index contributed by atoms with van der Waals surface area (Å²) in [4.78, 5) is 27.3. The second kappa shape index (κ2) is 5.95. The smallest absolute Gasteiger partial charge is 0.326 e. The summed E-state index contributed by atoms with van der Waals surface area (Å²) in [5.41, 5.74) is 1.09. The lowest BCUT2D eigenvalue weighted by molar-refractivity contribution is -0.144. The van der Waals surface area contributed by atoms with E-state index in [1.165, 1.54) is 11.3 Å². The molecule has 0 radical (unpaired) electrons. The van der Waals surface area contributed by atoms with Gasteiger partial charge >= 0.3 is 5.97 Å². The first-order chi connectivity index (χ1) is 9.43. The van der Waals surface area contributed by atoms with Crippen LogP contribution in [0.15, 0.2) is 6.07 Å². The summed E-state index contributed by atoms with van der Waals surface area (Å²) < 4.78 is 0. The summed E-state index contributed by atoms with van der Waals surface area (Å²) in [6.45, 7) is 6.58. The molecule has 1 aromatic heterocycles. The molecule has 0 spiro atoms. The Morgan fingerprint density at radius 3 is 2.65 bits per heavy atom. The Labute approximate surface area is 123 Å². The van der Waals surface area contributed by atoms with E-state index in [1.54, 1.807) is 4.90 Å². The number of piperidine rings is 1. The molecule has 110 valence electrons. The van der Waals surface area contributed by atoms with E-state index in [0.717, 1.165) is 23.3 Å². The molecule has 1 aliphatic rings. The highest BCUT2D eigenvalue weighted by atomic mass is 32.1. The highest BCUT2D eigenvalue weighted by Gasteiger charge is 2.36. The number of likely N-dealkylation sites (tertiary alicyclic amines) is 1. The van der Waals surface area contributed by atoms with Crippen molar-refractivity contribution in [2.24, 2.45) is 5.92 Å². The summed E-state index contributed by atoms with van der Waals surface area (Å²) in [5.74, 6) is -0.610. The molecule has 1 aromatic rings. The van der Waals surface area contributed by atoms with Crippen molar-refractivity contribution in [3.63, 3.8) is 0 Å². The van der Waals surface area contributed by atoms with E-state index in [4.69, 9.17) is 0 Å². The number of aryl methyl sites for hydroxylation is 2. The minimum atomic E-state index is -0.887. The number of rotatable bonds is 3. The molecule has 2 heterocycles. The molecule has 0 saturated carbocycles. The molecule has 1 amide bonds. The van der Waals surface area contributed by atoms with Crippen LogP contribution in [0.1, 0.15) is 46.3 Å². The Kier molecular flexibility index (Phi) is 4.48. The molecule has 1 saturated heterocycles. The number of carbonyl (C=O) groups is 2. The maximum atomic E-state index is 12.5. The Morgan fingerprint density at radius 2 is 2.15 bits per heavy atom. The van der Waals surface area contributed by atoms with E-state index < -0.39 is 12.0 Å². The van der Waals surface area contributed by atoms with Crippen LogP contribution in [0.2, 0.25) is 0 Å². The number of carboxylic acids is 1. The van der Waals surface area contributed by atoms with Crippen LogP contribution in [-0.4, -0.2) is 34.5 Å². The van der Waals surface area contributed by atoms with Gasteiger partial charge in [0.15, 0.2) is 0 Å². The number of carbonyl (C=O) groups excluding carboxylic acids is 1. The third kappa shape index (κ3) is 2.87. The molecular formula is C15H21NO3S. The van der Waals surface area contributed by atoms with Crippen molar-refractivity contribution < 1.29 is 14.7 Å². The molecule has 2 unspecified atom stereocenters. The van der Waals surface area contributed by atoms with Crippen molar-refractivity contribution in [1.29, 1.82) is 0 Å². The summed E-state index contributed by atoms with van der Waals surface area (Å²) in [5, 5.41) is 9.39. The van der Waals surface area contributed by atoms with Gasteiger partial charge in [0.2, 0.25) is 0 Å². The molecular weight excluding hydrogens is 274 g/mol. The average Bonchev–Trinajstić information content (AvgIpc) is 2.77. The summed E-state index contributed by atoms with van der Waals surface area (Å²) in [7, 11) is 0. The summed E-state index contributed by atoms with van der Waals surface area (Å²) in [6.07, 6.45) is 2.44. The standard InChI is InChI=1S/C15H21NO3S/c1-4-11-5-6-16(12(8-11)15(18)19)14(17)13-7-9(2)10(3)20-13/h7,11-12H,4-6,8H2,1-3H3,(H,18,19). The van der Waals surface area contributed by atoms with Crippen molar-refractivity contribution in [2.75, 3.05) is 6.54 Å². The molecule has 5 heteroatoms. The van der Waals surface area contributed by atoms with Crippen LogP contribution in [0.25, 0.3) is 0 Å². The quantitative estimate of drug-likeness (QED) is 0.932. The Morgan fingerprint density at radius 1 is 1.45 bits per heavy atom. The fourth-order valence-corrected chi connectivity index (χ4v) is 3.70. The fraction of sp³-hybridized carbons (Fsp3) is 0.600. The van der Waals surface area contributed by atoms with Gasteiger partial charge in [-0.3, -0.25) is 4.79 Å². The SMILES string of the molecule is CCC1CCN(C(=O)c2cc(C)c(C)s2)C(C(=O)O)C1. The van der Waals surface area contributed by atoms with E-state index in [0.29, 0.717) is 23.8 Å². The number of amides is 1. The molecule has 2 rings (SSSR count). The molecule has 1 aliphatic heterocycles. The fourth-order valence-electron chi connectivity index (χ4n) is 2.71. The molecule has 20 heavy (non-hydrogen) atoms. The predicted octanol–water partition coefficient (Wildman–Crippen LogP) is 3.08. The normalized spacial score (nSPS) is 22.9. The van der Waals surface area contributed by atoms with Crippen molar-refractivity contribution in [3.8, 4) is 0 Å². The molecule has 0 bridgehead atoms. The van der Waals surface area contributed by atoms with Gasteiger partial charge in [-0.15, -0.1) is 11.3 Å². The average molecular weight is 295 g/mol. The number of hydrogen-bond donors (Lipinski definition) is 1. The first-order valence-electron chi connectivity index (χ1n) is 7.04. The van der Waals surface area contributed by atoms with Gasteiger partial charge in [0.05, 0.1) is 4.88 Å². The third-order valence-corrected chi connectivity index (χ3v) is 5.35. The number of thiophene rings is 1. The van der Waals surface area contributed by atoms with E-state index >= 15 is 0 Å². The van der Waals surface area contributed by atoms with Gasteiger partial charge in [0.25, 0.3) is 5.91 Å². The first kappa shape index (κ1) is 15.0. The lowest BCUT2D eigenvalue weighted by Gasteiger charge is -2.36. The molecule has 1 N–H and O–H groups in total. The van der Waals surface area contributed by atoms with Crippen LogP contribution in [0, 0.1) is 19.8 Å². The maximum Gasteiger partial charge on any atom is 0.326 e. The van der Waals surface area contributed by atoms with E-state index in [1.807, 2.05) is 19.9 Å². The Bertz CT molecular complexity index is 504. The topological polar surface area (TPSA) is 57.6 Å². The Balaban J connectivity index is 2.21. The van der Waals surface area contributed by atoms with Crippen LogP contribution in [-0.2, 0) is 4.79 Å². The monoisotopic (exact) mass is 295 g/mol. The maximum absolute atomic E-state index is 12.5. The molecule has 2 atom stereocenters. The van der Waals surface area contributed by atoms with Crippen molar-refractivity contribution in [1.82, 2.24) is 4.90 Å². The lowest BCUT2D eigenvalue weighted by atomic mass is 9.89. The van der Waals surface area contributed by atoms with Gasteiger partial charge in [-0.1, -0.05) is 13.3 Å². The molecule has 0 aromatic carbocycles. The predicted molar refractivity (Wildman–Crippen MR) is 79.3 cm³/mol. The zero-order valence-electron chi connectivity index (χ0n) is 12.2.